The van der Waals surface area contributed by atoms with Crippen molar-refractivity contribution < 1.29 is 23.1 Å². The number of hydrogen-bond acceptors (Lipinski definition) is 4. The molecule has 0 atom stereocenters. The Labute approximate surface area is 159 Å². The summed E-state index contributed by atoms with van der Waals surface area (Å²) in [7, 11) is 0. The summed E-state index contributed by atoms with van der Waals surface area (Å²) >= 11 is 0. The Balaban J connectivity index is 1.85. The lowest BCUT2D eigenvalue weighted by Gasteiger charge is -2.12. The second-order valence-electron chi connectivity index (χ2n) is 6.13. The van der Waals surface area contributed by atoms with Crippen molar-refractivity contribution in [1.29, 1.82) is 0 Å². The number of anilines is 2. The van der Waals surface area contributed by atoms with Crippen molar-refractivity contribution in [2.75, 3.05) is 18.5 Å². The Kier molecular flexibility index (Phi) is 5.79. The molecule has 3 rings (SSSR count). The van der Waals surface area contributed by atoms with Crippen LogP contribution < -0.4 is 10.6 Å². The largest absolute Gasteiger partial charge is 0.416 e. The quantitative estimate of drug-likeness (QED) is 0.555. The van der Waals surface area contributed by atoms with E-state index in [1.165, 1.54) is 12.3 Å². The normalized spacial score (nSPS) is 11.4. The second kappa shape index (κ2) is 8.26. The van der Waals surface area contributed by atoms with Crippen LogP contribution in [0, 0.1) is 0 Å². The van der Waals surface area contributed by atoms with Crippen molar-refractivity contribution in [2.24, 2.45) is 0 Å². The van der Waals surface area contributed by atoms with E-state index in [4.69, 9.17) is 5.11 Å². The van der Waals surface area contributed by atoms with Gasteiger partial charge in [0.25, 0.3) is 5.91 Å². The topological polar surface area (TPSA) is 74.2 Å². The maximum absolute atomic E-state index is 12.9. The first-order valence-electron chi connectivity index (χ1n) is 8.60. The number of halogens is 3. The molecule has 0 saturated carbocycles. The van der Waals surface area contributed by atoms with Crippen LogP contribution in [0.15, 0.2) is 54.7 Å². The molecular weight excluding hydrogens is 371 g/mol. The highest BCUT2D eigenvalue weighted by Gasteiger charge is 2.30. The van der Waals surface area contributed by atoms with Crippen molar-refractivity contribution in [3.63, 3.8) is 0 Å². The van der Waals surface area contributed by atoms with Gasteiger partial charge in [0.1, 0.15) is 0 Å². The van der Waals surface area contributed by atoms with E-state index in [0.717, 1.165) is 12.1 Å². The fourth-order valence-electron chi connectivity index (χ4n) is 2.71. The standard InChI is InChI=1S/C20H18F3N3O2/c21-20(22,23)14-5-6-16-17(7-9-24-18(16)12-14)26-15-4-1-3-13(11-15)19(28)25-8-2-10-27/h1,3-7,9,11-12,27H,2,8,10H2,(H,24,26)(H,25,28). The summed E-state index contributed by atoms with van der Waals surface area (Å²) in [5.41, 5.74) is 1.09. The second-order valence-corrected chi connectivity index (χ2v) is 6.13. The third-order valence-electron chi connectivity index (χ3n) is 4.09. The van der Waals surface area contributed by atoms with Crippen molar-refractivity contribution in [3.05, 3.63) is 65.9 Å². The minimum atomic E-state index is -4.43. The summed E-state index contributed by atoms with van der Waals surface area (Å²) in [6.07, 6.45) is -2.54. The lowest BCUT2D eigenvalue weighted by molar-refractivity contribution is -0.137. The molecule has 0 unspecified atom stereocenters. The molecule has 0 radical (unpaired) electrons. The maximum atomic E-state index is 12.9. The van der Waals surface area contributed by atoms with Crippen LogP contribution in [-0.4, -0.2) is 29.1 Å². The molecule has 8 heteroatoms. The van der Waals surface area contributed by atoms with Gasteiger partial charge in [0, 0.05) is 41.7 Å². The highest BCUT2D eigenvalue weighted by atomic mass is 19.4. The number of carbonyl (C=O) groups is 1. The highest BCUT2D eigenvalue weighted by molar-refractivity contribution is 5.96. The Hall–Kier alpha value is -3.13. The smallest absolute Gasteiger partial charge is 0.396 e. The summed E-state index contributed by atoms with van der Waals surface area (Å²) in [6.45, 7) is 0.358. The van der Waals surface area contributed by atoms with Gasteiger partial charge >= 0.3 is 6.18 Å². The summed E-state index contributed by atoms with van der Waals surface area (Å²) in [5.74, 6) is -0.272. The van der Waals surface area contributed by atoms with E-state index in [0.29, 0.717) is 35.3 Å². The fourth-order valence-corrected chi connectivity index (χ4v) is 2.71. The Morgan fingerprint density at radius 3 is 2.68 bits per heavy atom. The third-order valence-corrected chi connectivity index (χ3v) is 4.09. The summed E-state index contributed by atoms with van der Waals surface area (Å²) < 4.78 is 38.7. The number of benzene rings is 2. The first-order valence-corrected chi connectivity index (χ1v) is 8.60. The van der Waals surface area contributed by atoms with E-state index in [1.54, 1.807) is 30.3 Å². The molecular formula is C20H18F3N3O2. The predicted molar refractivity (Wildman–Crippen MR) is 101 cm³/mol. The van der Waals surface area contributed by atoms with Crippen LogP contribution in [0.5, 0.6) is 0 Å². The Morgan fingerprint density at radius 1 is 1.11 bits per heavy atom. The van der Waals surface area contributed by atoms with Gasteiger partial charge in [0.05, 0.1) is 11.1 Å². The molecule has 0 aliphatic rings. The van der Waals surface area contributed by atoms with Crippen LogP contribution in [0.3, 0.4) is 0 Å². The van der Waals surface area contributed by atoms with Gasteiger partial charge in [-0.15, -0.1) is 0 Å². The van der Waals surface area contributed by atoms with Crippen molar-refractivity contribution in [1.82, 2.24) is 10.3 Å². The van der Waals surface area contributed by atoms with Crippen LogP contribution in [0.4, 0.5) is 24.5 Å². The van der Waals surface area contributed by atoms with E-state index >= 15 is 0 Å². The van der Waals surface area contributed by atoms with Crippen molar-refractivity contribution in [3.8, 4) is 0 Å². The monoisotopic (exact) mass is 389 g/mol. The molecule has 146 valence electrons. The first kappa shape index (κ1) is 19.6. The molecule has 3 aromatic rings. The summed E-state index contributed by atoms with van der Waals surface area (Å²) in [4.78, 5) is 16.2. The summed E-state index contributed by atoms with van der Waals surface area (Å²) in [5, 5.41) is 15.1. The van der Waals surface area contributed by atoms with Crippen LogP contribution in [0.1, 0.15) is 22.3 Å². The molecule has 5 nitrogen and oxygen atoms in total. The highest BCUT2D eigenvalue weighted by Crippen LogP contribution is 2.33. The molecule has 0 bridgehead atoms. The number of aliphatic hydroxyl groups excluding tert-OH is 1. The molecule has 0 spiro atoms. The molecule has 1 heterocycles. The van der Waals surface area contributed by atoms with Crippen molar-refractivity contribution in [2.45, 2.75) is 12.6 Å². The SMILES string of the molecule is O=C(NCCCO)c1cccc(Nc2ccnc3cc(C(F)(F)F)ccc23)c1. The molecule has 28 heavy (non-hydrogen) atoms. The molecule has 0 aliphatic heterocycles. The molecule has 0 fully saturated rings. The number of aromatic nitrogens is 1. The van der Waals surface area contributed by atoms with Crippen LogP contribution in [0.25, 0.3) is 10.9 Å². The zero-order valence-corrected chi connectivity index (χ0v) is 14.8. The number of fused-ring (bicyclic) bond motifs is 1. The van der Waals surface area contributed by atoms with E-state index in [-0.39, 0.29) is 18.0 Å². The van der Waals surface area contributed by atoms with Crippen LogP contribution in [-0.2, 0) is 6.18 Å². The number of nitrogens with one attached hydrogen (secondary N) is 2. The number of aliphatic hydroxyl groups is 1. The number of alkyl halides is 3. The molecule has 1 aromatic heterocycles. The van der Waals surface area contributed by atoms with E-state index < -0.39 is 11.7 Å². The van der Waals surface area contributed by atoms with Crippen LogP contribution in [0.2, 0.25) is 0 Å². The first-order chi connectivity index (χ1) is 13.4. The van der Waals surface area contributed by atoms with Gasteiger partial charge in [-0.3, -0.25) is 9.78 Å². The minimum absolute atomic E-state index is 0.00690. The Bertz CT molecular complexity index is 990. The summed E-state index contributed by atoms with van der Waals surface area (Å²) in [6, 6.07) is 11.8. The molecule has 1 amide bonds. The van der Waals surface area contributed by atoms with Crippen LogP contribution >= 0.6 is 0 Å². The number of amides is 1. The molecule has 0 aliphatic carbocycles. The average Bonchev–Trinajstić information content (AvgIpc) is 2.67. The fraction of sp³-hybridized carbons (Fsp3) is 0.200. The predicted octanol–water partition coefficient (Wildman–Crippen LogP) is 4.11. The zero-order chi connectivity index (χ0) is 20.1. The van der Waals surface area contributed by atoms with Gasteiger partial charge in [-0.25, -0.2) is 0 Å². The number of carbonyl (C=O) groups excluding carboxylic acids is 1. The van der Waals surface area contributed by atoms with Gasteiger partial charge in [-0.05, 0) is 42.8 Å². The van der Waals surface area contributed by atoms with Gasteiger partial charge < -0.3 is 15.7 Å². The van der Waals surface area contributed by atoms with Gasteiger partial charge in [-0.1, -0.05) is 12.1 Å². The van der Waals surface area contributed by atoms with E-state index in [2.05, 4.69) is 15.6 Å². The molecule has 2 aromatic carbocycles. The van der Waals surface area contributed by atoms with Crippen molar-refractivity contribution >= 4 is 28.2 Å². The Morgan fingerprint density at radius 2 is 1.93 bits per heavy atom. The molecule has 3 N–H and O–H groups in total. The lowest BCUT2D eigenvalue weighted by atomic mass is 10.1. The van der Waals surface area contributed by atoms with Gasteiger partial charge in [-0.2, -0.15) is 13.2 Å². The van der Waals surface area contributed by atoms with E-state index in [1.807, 2.05) is 0 Å². The number of nitrogens with zero attached hydrogens (tertiary/aromatic N) is 1. The minimum Gasteiger partial charge on any atom is -0.396 e. The molecule has 0 saturated heterocycles. The number of pyridine rings is 1. The number of hydrogen-bond donors (Lipinski definition) is 3. The van der Waals surface area contributed by atoms with Gasteiger partial charge in [0.15, 0.2) is 0 Å². The zero-order valence-electron chi connectivity index (χ0n) is 14.8. The third kappa shape index (κ3) is 4.58. The number of rotatable bonds is 6. The van der Waals surface area contributed by atoms with Gasteiger partial charge in [0.2, 0.25) is 0 Å². The van der Waals surface area contributed by atoms with E-state index in [9.17, 15) is 18.0 Å². The maximum Gasteiger partial charge on any atom is 0.416 e. The average molecular weight is 389 g/mol. The lowest BCUT2D eigenvalue weighted by Crippen LogP contribution is -2.25.